The van der Waals surface area contributed by atoms with Gasteiger partial charge in [-0.2, -0.15) is 0 Å². The number of methoxy groups -OCH3 is 1. The fraction of sp³-hybridized carbons (Fsp3) is 0.773. The molecule has 3 aliphatic heterocycles. The first-order valence-electron chi connectivity index (χ1n) is 20.9. The predicted molar refractivity (Wildman–Crippen MR) is 211 cm³/mol. The normalized spacial score (nSPS) is 40.6. The maximum Gasteiger partial charge on any atom is 0.296 e. The van der Waals surface area contributed by atoms with Gasteiger partial charge in [-0.15, -0.1) is 6.58 Å². The van der Waals surface area contributed by atoms with Gasteiger partial charge in [0.1, 0.15) is 12.1 Å². The summed E-state index contributed by atoms with van der Waals surface area (Å²) in [5.74, 6) is -7.32. The molecule has 0 aromatic heterocycles. The molecule has 3 heterocycles. The van der Waals surface area contributed by atoms with Crippen LogP contribution in [-0.4, -0.2) is 118 Å². The lowest BCUT2D eigenvalue weighted by Gasteiger charge is -2.46. The quantitative estimate of drug-likeness (QED) is 0.162. The molecule has 0 aromatic carbocycles. The molecule has 3 fully saturated rings. The number of amides is 1. The molecule has 12 heteroatoms. The second-order valence-corrected chi connectivity index (χ2v) is 17.5. The van der Waals surface area contributed by atoms with Gasteiger partial charge < -0.3 is 44.3 Å². The molecular weight excluding hydrogens is 718 g/mol. The minimum absolute atomic E-state index is 0.0158. The van der Waals surface area contributed by atoms with Crippen molar-refractivity contribution in [2.24, 2.45) is 41.4 Å². The van der Waals surface area contributed by atoms with Crippen LogP contribution >= 0.6 is 0 Å². The lowest BCUT2D eigenvalue weighted by atomic mass is 9.78. The monoisotopic (exact) mass is 787 g/mol. The number of allylic oxidation sites excluding steroid dienone is 4. The largest absolute Gasteiger partial charge is 0.396 e. The van der Waals surface area contributed by atoms with Crippen molar-refractivity contribution in [3.8, 4) is 0 Å². The summed E-state index contributed by atoms with van der Waals surface area (Å²) in [6.07, 6.45) is 7.84. The average molecular weight is 788 g/mol. The summed E-state index contributed by atoms with van der Waals surface area (Å²) in [4.78, 5) is 56.1. The van der Waals surface area contributed by atoms with Gasteiger partial charge in [-0.25, -0.2) is 0 Å². The Labute approximate surface area is 333 Å². The van der Waals surface area contributed by atoms with Gasteiger partial charge in [-0.05, 0) is 95.5 Å². The first kappa shape index (κ1) is 46.1. The van der Waals surface area contributed by atoms with Crippen LogP contribution in [0.15, 0.2) is 36.0 Å². The van der Waals surface area contributed by atoms with Gasteiger partial charge in [0.25, 0.3) is 11.7 Å². The van der Waals surface area contributed by atoms with Crippen LogP contribution in [0.25, 0.3) is 0 Å². The zero-order valence-corrected chi connectivity index (χ0v) is 34.5. The molecule has 4 aliphatic rings. The number of ketones is 2. The summed E-state index contributed by atoms with van der Waals surface area (Å²) in [7, 11) is 1.50. The van der Waals surface area contributed by atoms with Crippen molar-refractivity contribution >= 4 is 23.8 Å². The topological polar surface area (TPSA) is 180 Å². The lowest BCUT2D eigenvalue weighted by Crippen LogP contribution is -2.63. The molecule has 0 radical (unpaired) electrons. The number of carbonyl (C=O) groups excluding carboxylic acids is 4. The highest BCUT2D eigenvalue weighted by Crippen LogP contribution is 2.40. The Kier molecular flexibility index (Phi) is 17.2. The average Bonchev–Trinajstić information content (AvgIpc) is 3.17. The molecule has 0 unspecified atom stereocenters. The zero-order valence-electron chi connectivity index (χ0n) is 34.5. The molecule has 1 aliphatic carbocycles. The van der Waals surface area contributed by atoms with Gasteiger partial charge in [-0.1, -0.05) is 44.6 Å². The van der Waals surface area contributed by atoms with E-state index >= 15 is 0 Å². The maximum atomic E-state index is 14.2. The first-order chi connectivity index (χ1) is 26.6. The number of fused-ring (bicyclic) bond motifs is 3. The van der Waals surface area contributed by atoms with E-state index in [1.165, 1.54) is 12.0 Å². The van der Waals surface area contributed by atoms with Crippen LogP contribution in [0.1, 0.15) is 105 Å². The summed E-state index contributed by atoms with van der Waals surface area (Å²) in [5, 5.41) is 43.9. The Morgan fingerprint density at radius 3 is 2.45 bits per heavy atom. The number of rotatable bonds is 7. The van der Waals surface area contributed by atoms with Crippen molar-refractivity contribution in [1.82, 2.24) is 4.90 Å². The maximum absolute atomic E-state index is 14.2. The van der Waals surface area contributed by atoms with Gasteiger partial charge in [0.2, 0.25) is 5.79 Å². The minimum Gasteiger partial charge on any atom is -0.396 e. The van der Waals surface area contributed by atoms with Gasteiger partial charge in [0.05, 0.1) is 43.2 Å². The highest BCUT2D eigenvalue weighted by molar-refractivity contribution is 6.38. The SMILES string of the molecule is C=CC[C@@H]1C=C(C)C[C@H](C)C[C@H](OC)[C@H]2O[C@@](O)(C(=O)C(=O)N3CCCC[C@H]3CO[C@H](C(C)=C[C@@H]3CC[C@@H](O)[C@H](CO)C3)[C@H](C)[C@@H](O)CC1=O)[C@H](C)C[C@@H]2C=O. The highest BCUT2D eigenvalue weighted by atomic mass is 16.7. The van der Waals surface area contributed by atoms with Gasteiger partial charge in [0, 0.05) is 56.3 Å². The molecule has 56 heavy (non-hydrogen) atoms. The van der Waals surface area contributed by atoms with Crippen LogP contribution < -0.4 is 0 Å². The molecule has 316 valence electrons. The zero-order chi connectivity index (χ0) is 41.3. The number of nitrogens with zero attached hydrogens (tertiary/aromatic N) is 1. The summed E-state index contributed by atoms with van der Waals surface area (Å²) in [6.45, 7) is 13.4. The molecule has 0 aromatic rings. The number of Topliss-reactive ketones (excluding diaryl/α,β-unsaturated/α-hetero) is 2. The first-order valence-corrected chi connectivity index (χ1v) is 20.9. The van der Waals surface area contributed by atoms with E-state index in [0.717, 1.165) is 30.3 Å². The molecular formula is C44H69NO11. The van der Waals surface area contributed by atoms with Crippen molar-refractivity contribution in [3.05, 3.63) is 36.0 Å². The third-order valence-electron chi connectivity index (χ3n) is 13.0. The Hall–Kier alpha value is -2.58. The van der Waals surface area contributed by atoms with Crippen molar-refractivity contribution in [1.29, 1.82) is 0 Å². The lowest BCUT2D eigenvalue weighted by molar-refractivity contribution is -0.287. The van der Waals surface area contributed by atoms with Crippen molar-refractivity contribution < 1.29 is 53.8 Å². The number of carbonyl (C=O) groups is 4. The van der Waals surface area contributed by atoms with Crippen LogP contribution in [0.2, 0.25) is 0 Å². The van der Waals surface area contributed by atoms with Crippen LogP contribution in [0, 0.1) is 41.4 Å². The number of aldehydes is 1. The number of hydrogen-bond acceptors (Lipinski definition) is 11. The van der Waals surface area contributed by atoms with Crippen LogP contribution in [0.4, 0.5) is 0 Å². The van der Waals surface area contributed by atoms with Crippen molar-refractivity contribution in [3.63, 3.8) is 0 Å². The van der Waals surface area contributed by atoms with Gasteiger partial charge >= 0.3 is 0 Å². The highest BCUT2D eigenvalue weighted by Gasteiger charge is 2.56. The van der Waals surface area contributed by atoms with E-state index in [-0.39, 0.29) is 56.1 Å². The van der Waals surface area contributed by atoms with Crippen molar-refractivity contribution in [2.45, 2.75) is 148 Å². The van der Waals surface area contributed by atoms with Crippen molar-refractivity contribution in [2.75, 3.05) is 26.9 Å². The Morgan fingerprint density at radius 1 is 1.05 bits per heavy atom. The molecule has 12 nitrogen and oxygen atoms in total. The predicted octanol–water partition coefficient (Wildman–Crippen LogP) is 4.51. The van der Waals surface area contributed by atoms with E-state index in [4.69, 9.17) is 14.2 Å². The van der Waals surface area contributed by atoms with E-state index in [1.807, 2.05) is 33.8 Å². The number of ether oxygens (including phenoxy) is 3. The number of hydrogen-bond donors (Lipinski definition) is 4. The standard InChI is InChI=1S/C44H69NO11/c1-8-11-32-17-26(2)16-27(3)18-39(54-7)41-34(24-47)20-29(5)44(53,56-41)42(51)43(52)45-15-10-9-12-35(45)25-55-40(30(6)37(49)22-38(32)50)28(4)19-31-13-14-36(48)33(21-31)23-46/h8,17,19,24,27,29-37,39-41,46,48-49,53H,1,9-16,18,20-23,25H2,2-7H3/t27-,29+,30+,31-,32+,33-,34+,35-,36+,37-,39-,40+,41-,44+/m0/s1. The van der Waals surface area contributed by atoms with E-state index in [2.05, 4.69) is 12.7 Å². The molecule has 2 bridgehead atoms. The Morgan fingerprint density at radius 2 is 1.79 bits per heavy atom. The number of aliphatic hydroxyl groups excluding tert-OH is 3. The van der Waals surface area contributed by atoms with Crippen LogP contribution in [-0.2, 0) is 33.4 Å². The molecule has 1 saturated carbocycles. The molecule has 4 rings (SSSR count). The van der Waals surface area contributed by atoms with E-state index < -0.39 is 77.7 Å². The number of piperidine rings is 1. The van der Waals surface area contributed by atoms with Gasteiger partial charge in [0.15, 0.2) is 0 Å². The second-order valence-electron chi connectivity index (χ2n) is 17.5. The molecule has 1 amide bonds. The molecule has 14 atom stereocenters. The van der Waals surface area contributed by atoms with E-state index in [1.54, 1.807) is 13.0 Å². The summed E-state index contributed by atoms with van der Waals surface area (Å²) in [5.41, 5.74) is 1.79. The van der Waals surface area contributed by atoms with Crippen LogP contribution in [0.3, 0.4) is 0 Å². The Balaban J connectivity index is 1.74. The third-order valence-corrected chi connectivity index (χ3v) is 13.0. The molecule has 0 spiro atoms. The number of aliphatic hydroxyl groups is 4. The summed E-state index contributed by atoms with van der Waals surface area (Å²) >= 11 is 0. The van der Waals surface area contributed by atoms with E-state index in [0.29, 0.717) is 44.9 Å². The second kappa shape index (κ2) is 20.9. The fourth-order valence-corrected chi connectivity index (χ4v) is 9.63. The van der Waals surface area contributed by atoms with Gasteiger partial charge in [-0.3, -0.25) is 14.4 Å². The minimum atomic E-state index is -2.47. The smallest absolute Gasteiger partial charge is 0.296 e. The third kappa shape index (κ3) is 11.1. The molecule has 4 N–H and O–H groups in total. The summed E-state index contributed by atoms with van der Waals surface area (Å²) in [6, 6.07) is -0.516. The molecule has 2 saturated heterocycles. The van der Waals surface area contributed by atoms with E-state index in [9.17, 15) is 39.6 Å². The summed E-state index contributed by atoms with van der Waals surface area (Å²) < 4.78 is 18.7. The fourth-order valence-electron chi connectivity index (χ4n) is 9.63. The Bertz CT molecular complexity index is 1430. The van der Waals surface area contributed by atoms with Crippen LogP contribution in [0.5, 0.6) is 0 Å².